The van der Waals surface area contributed by atoms with Crippen LogP contribution in [0.5, 0.6) is 0 Å². The molecule has 0 aliphatic carbocycles. The molecular formula is C16H35N3S3. The van der Waals surface area contributed by atoms with Crippen molar-refractivity contribution < 1.29 is 0 Å². The van der Waals surface area contributed by atoms with Crippen LogP contribution in [0.1, 0.15) is 20.8 Å². The Morgan fingerprint density at radius 1 is 0.773 bits per heavy atom. The minimum Gasteiger partial charge on any atom is -0.300 e. The topological polar surface area (TPSA) is 9.72 Å². The number of nitrogens with zero attached hydrogens (tertiary/aromatic N) is 3. The maximum atomic E-state index is 4.64. The van der Waals surface area contributed by atoms with Crippen LogP contribution in [0, 0.1) is 5.41 Å². The van der Waals surface area contributed by atoms with Gasteiger partial charge in [-0.25, -0.2) is 0 Å². The van der Waals surface area contributed by atoms with Crippen molar-refractivity contribution >= 4 is 37.9 Å². The van der Waals surface area contributed by atoms with Crippen molar-refractivity contribution in [2.45, 2.75) is 26.8 Å². The summed E-state index contributed by atoms with van der Waals surface area (Å²) in [5.41, 5.74) is 0.262. The van der Waals surface area contributed by atoms with Crippen LogP contribution in [-0.2, 0) is 0 Å². The molecule has 1 unspecified atom stereocenters. The number of thiol groups is 3. The van der Waals surface area contributed by atoms with Crippen LogP contribution in [0.3, 0.4) is 0 Å². The Balaban J connectivity index is 2.79. The minimum absolute atomic E-state index is 0.262. The van der Waals surface area contributed by atoms with Gasteiger partial charge in [0.15, 0.2) is 0 Å². The summed E-state index contributed by atoms with van der Waals surface area (Å²) in [7, 11) is 0. The monoisotopic (exact) mass is 365 g/mol. The summed E-state index contributed by atoms with van der Waals surface area (Å²) in [6, 6.07) is 0.518. The van der Waals surface area contributed by atoms with Gasteiger partial charge in [-0.05, 0) is 5.41 Å². The smallest absolute Gasteiger partial charge is 0.0233 e. The lowest BCUT2D eigenvalue weighted by Crippen LogP contribution is -2.49. The van der Waals surface area contributed by atoms with Gasteiger partial charge in [-0.15, -0.1) is 0 Å². The molecule has 0 N–H and O–H groups in total. The van der Waals surface area contributed by atoms with Crippen LogP contribution in [-0.4, -0.2) is 90.4 Å². The first-order chi connectivity index (χ1) is 10.4. The summed E-state index contributed by atoms with van der Waals surface area (Å²) >= 11 is 13.5. The lowest BCUT2D eigenvalue weighted by atomic mass is 9.86. The lowest BCUT2D eigenvalue weighted by molar-refractivity contribution is 0.103. The third kappa shape index (κ3) is 7.22. The van der Waals surface area contributed by atoms with Gasteiger partial charge >= 0.3 is 0 Å². The second-order valence-corrected chi connectivity index (χ2v) is 8.49. The Hall–Kier alpha value is 0.930. The molecule has 1 saturated heterocycles. The normalized spacial score (nSPS) is 22.1. The highest BCUT2D eigenvalue weighted by Gasteiger charge is 2.30. The second-order valence-electron chi connectivity index (χ2n) is 7.23. The maximum Gasteiger partial charge on any atom is 0.0233 e. The Morgan fingerprint density at radius 3 is 1.50 bits per heavy atom. The van der Waals surface area contributed by atoms with Gasteiger partial charge in [0.2, 0.25) is 0 Å². The number of hydrogen-bond donors (Lipinski definition) is 3. The van der Waals surface area contributed by atoms with E-state index in [2.05, 4.69) is 73.4 Å². The van der Waals surface area contributed by atoms with E-state index in [1.807, 2.05) is 0 Å². The van der Waals surface area contributed by atoms with E-state index in [1.54, 1.807) is 0 Å². The number of rotatable bonds is 6. The summed E-state index contributed by atoms with van der Waals surface area (Å²) in [6.07, 6.45) is 0. The largest absolute Gasteiger partial charge is 0.300 e. The summed E-state index contributed by atoms with van der Waals surface area (Å²) in [6.45, 7) is 16.0. The van der Waals surface area contributed by atoms with E-state index in [4.69, 9.17) is 0 Å². The van der Waals surface area contributed by atoms with Crippen LogP contribution in [0.15, 0.2) is 0 Å². The minimum atomic E-state index is 0.262. The third-order valence-electron chi connectivity index (χ3n) is 4.59. The van der Waals surface area contributed by atoms with E-state index in [-0.39, 0.29) is 5.41 Å². The molecule has 0 amide bonds. The van der Waals surface area contributed by atoms with Crippen molar-refractivity contribution in [2.75, 3.05) is 69.6 Å². The van der Waals surface area contributed by atoms with E-state index >= 15 is 0 Å². The zero-order chi connectivity index (χ0) is 16.6. The summed E-state index contributed by atoms with van der Waals surface area (Å²) < 4.78 is 0. The van der Waals surface area contributed by atoms with Gasteiger partial charge < -0.3 is 0 Å². The fourth-order valence-electron chi connectivity index (χ4n) is 3.14. The SMILES string of the molecule is CC(C)(C)C(CS)N1CCN(CCS)CCN(CCS)CC1. The first-order valence-electron chi connectivity index (χ1n) is 8.43. The first-order valence-corrected chi connectivity index (χ1v) is 10.3. The van der Waals surface area contributed by atoms with Gasteiger partial charge in [0.05, 0.1) is 0 Å². The Bertz CT molecular complexity index is 279. The molecule has 3 nitrogen and oxygen atoms in total. The molecule has 0 aromatic carbocycles. The molecule has 1 aliphatic heterocycles. The molecule has 0 bridgehead atoms. The van der Waals surface area contributed by atoms with Crippen molar-refractivity contribution in [3.63, 3.8) is 0 Å². The Labute approximate surface area is 154 Å². The molecule has 1 atom stereocenters. The fourth-order valence-corrected chi connectivity index (χ4v) is 4.48. The van der Waals surface area contributed by atoms with Crippen LogP contribution >= 0.6 is 37.9 Å². The highest BCUT2D eigenvalue weighted by molar-refractivity contribution is 7.80. The molecule has 132 valence electrons. The fraction of sp³-hybridized carbons (Fsp3) is 1.00. The Morgan fingerprint density at radius 2 is 1.18 bits per heavy atom. The molecular weight excluding hydrogens is 330 g/mol. The van der Waals surface area contributed by atoms with Crippen molar-refractivity contribution in [3.05, 3.63) is 0 Å². The van der Waals surface area contributed by atoms with Crippen molar-refractivity contribution in [1.82, 2.24) is 14.7 Å². The average molecular weight is 366 g/mol. The van der Waals surface area contributed by atoms with Gasteiger partial charge in [-0.3, -0.25) is 14.7 Å². The molecule has 6 heteroatoms. The predicted octanol–water partition coefficient (Wildman–Crippen LogP) is 2.11. The van der Waals surface area contributed by atoms with Crippen LogP contribution in [0.25, 0.3) is 0 Å². The molecule has 0 aromatic heterocycles. The molecule has 0 aromatic rings. The van der Waals surface area contributed by atoms with Crippen molar-refractivity contribution in [2.24, 2.45) is 5.41 Å². The molecule has 1 rings (SSSR count). The van der Waals surface area contributed by atoms with Gasteiger partial charge in [-0.2, -0.15) is 37.9 Å². The quantitative estimate of drug-likeness (QED) is 0.623. The van der Waals surface area contributed by atoms with E-state index < -0.39 is 0 Å². The van der Waals surface area contributed by atoms with Crippen molar-refractivity contribution in [1.29, 1.82) is 0 Å². The van der Waals surface area contributed by atoms with E-state index in [1.165, 1.54) is 0 Å². The molecule has 0 radical (unpaired) electrons. The van der Waals surface area contributed by atoms with E-state index in [0.29, 0.717) is 6.04 Å². The van der Waals surface area contributed by atoms with E-state index in [9.17, 15) is 0 Å². The molecule has 0 saturated carbocycles. The molecule has 1 heterocycles. The molecule has 1 aliphatic rings. The Kier molecular flexibility index (Phi) is 10.2. The van der Waals surface area contributed by atoms with Crippen LogP contribution in [0.2, 0.25) is 0 Å². The van der Waals surface area contributed by atoms with Crippen molar-refractivity contribution in [3.8, 4) is 0 Å². The standard InChI is InChI=1S/C16H35N3S3/c1-16(2,3)15(14-22)19-8-6-17(10-12-20)4-5-18(7-9-19)11-13-21/h15,20-22H,4-14H2,1-3H3. The van der Waals surface area contributed by atoms with Gasteiger partial charge in [-0.1, -0.05) is 20.8 Å². The van der Waals surface area contributed by atoms with Crippen LogP contribution in [0.4, 0.5) is 0 Å². The zero-order valence-electron chi connectivity index (χ0n) is 14.5. The van der Waals surface area contributed by atoms with Gasteiger partial charge in [0.1, 0.15) is 0 Å². The first kappa shape index (κ1) is 21.0. The summed E-state index contributed by atoms with van der Waals surface area (Å²) in [4.78, 5) is 7.75. The summed E-state index contributed by atoms with van der Waals surface area (Å²) in [5.74, 6) is 2.78. The van der Waals surface area contributed by atoms with Gasteiger partial charge in [0, 0.05) is 75.7 Å². The highest BCUT2D eigenvalue weighted by Crippen LogP contribution is 2.25. The highest BCUT2D eigenvalue weighted by atomic mass is 32.1. The van der Waals surface area contributed by atoms with E-state index in [0.717, 1.165) is 69.6 Å². The second kappa shape index (κ2) is 10.7. The molecule has 0 spiro atoms. The lowest BCUT2D eigenvalue weighted by Gasteiger charge is -2.40. The third-order valence-corrected chi connectivity index (χ3v) is 5.33. The zero-order valence-corrected chi connectivity index (χ0v) is 17.2. The number of hydrogen-bond acceptors (Lipinski definition) is 6. The predicted molar refractivity (Wildman–Crippen MR) is 109 cm³/mol. The summed E-state index contributed by atoms with van der Waals surface area (Å²) in [5, 5.41) is 0. The molecule has 22 heavy (non-hydrogen) atoms. The maximum absolute atomic E-state index is 4.64. The van der Waals surface area contributed by atoms with Crippen LogP contribution < -0.4 is 0 Å². The average Bonchev–Trinajstić information content (AvgIpc) is 2.53. The van der Waals surface area contributed by atoms with Gasteiger partial charge in [0.25, 0.3) is 0 Å². The molecule has 1 fully saturated rings.